The highest BCUT2D eigenvalue weighted by atomic mass is 19.4. The first-order valence-electron chi connectivity index (χ1n) is 5.03. The third-order valence-corrected chi connectivity index (χ3v) is 2.25. The molecule has 0 saturated heterocycles. The predicted octanol–water partition coefficient (Wildman–Crippen LogP) is 1.88. The SMILES string of the molecule is Cc1cc(C)n(-c2cc(C(F)(F)F)nc(N)n2)n1. The van der Waals surface area contributed by atoms with Crippen molar-refractivity contribution in [3.8, 4) is 5.82 Å². The van der Waals surface area contributed by atoms with Crippen molar-refractivity contribution >= 4 is 5.95 Å². The second-order valence-corrected chi connectivity index (χ2v) is 3.81. The summed E-state index contributed by atoms with van der Waals surface area (Å²) in [6.07, 6.45) is -4.57. The number of aromatic nitrogens is 4. The monoisotopic (exact) mass is 257 g/mol. The quantitative estimate of drug-likeness (QED) is 0.846. The van der Waals surface area contributed by atoms with Gasteiger partial charge in [-0.2, -0.15) is 23.3 Å². The summed E-state index contributed by atoms with van der Waals surface area (Å²) < 4.78 is 39.1. The molecule has 0 aliphatic heterocycles. The Morgan fingerprint density at radius 3 is 2.33 bits per heavy atom. The highest BCUT2D eigenvalue weighted by Crippen LogP contribution is 2.29. The number of nitrogens with two attached hydrogens (primary N) is 1. The van der Waals surface area contributed by atoms with Crippen molar-refractivity contribution in [2.75, 3.05) is 5.73 Å². The topological polar surface area (TPSA) is 69.6 Å². The summed E-state index contributed by atoms with van der Waals surface area (Å²) in [6.45, 7) is 3.45. The Hall–Kier alpha value is -2.12. The van der Waals surface area contributed by atoms with Crippen molar-refractivity contribution in [2.45, 2.75) is 20.0 Å². The van der Waals surface area contributed by atoms with Gasteiger partial charge in [0.15, 0.2) is 11.5 Å². The van der Waals surface area contributed by atoms with Gasteiger partial charge in [-0.25, -0.2) is 9.67 Å². The van der Waals surface area contributed by atoms with Crippen LogP contribution >= 0.6 is 0 Å². The highest BCUT2D eigenvalue weighted by Gasteiger charge is 2.33. The van der Waals surface area contributed by atoms with Crippen LogP contribution in [0.2, 0.25) is 0 Å². The van der Waals surface area contributed by atoms with Crippen LogP contribution in [0.25, 0.3) is 5.82 Å². The van der Waals surface area contributed by atoms with Gasteiger partial charge in [-0.3, -0.25) is 0 Å². The third kappa shape index (κ3) is 2.27. The number of rotatable bonds is 1. The maximum Gasteiger partial charge on any atom is 0.433 e. The van der Waals surface area contributed by atoms with Crippen molar-refractivity contribution in [1.29, 1.82) is 0 Å². The van der Waals surface area contributed by atoms with E-state index in [0.29, 0.717) is 11.4 Å². The summed E-state index contributed by atoms with van der Waals surface area (Å²) in [6, 6.07) is 2.54. The third-order valence-electron chi connectivity index (χ3n) is 2.25. The van der Waals surface area contributed by atoms with E-state index in [1.165, 1.54) is 4.68 Å². The van der Waals surface area contributed by atoms with Crippen LogP contribution in [-0.2, 0) is 6.18 Å². The first-order valence-corrected chi connectivity index (χ1v) is 5.03. The normalized spacial score (nSPS) is 11.8. The summed E-state index contributed by atoms with van der Waals surface area (Å²) in [7, 11) is 0. The van der Waals surface area contributed by atoms with Crippen LogP contribution in [-0.4, -0.2) is 19.7 Å². The molecule has 18 heavy (non-hydrogen) atoms. The van der Waals surface area contributed by atoms with E-state index in [1.54, 1.807) is 19.9 Å². The van der Waals surface area contributed by atoms with Crippen LogP contribution in [0, 0.1) is 13.8 Å². The molecule has 0 fully saturated rings. The zero-order valence-corrected chi connectivity index (χ0v) is 9.65. The molecule has 8 heteroatoms. The van der Waals surface area contributed by atoms with E-state index < -0.39 is 17.8 Å². The van der Waals surface area contributed by atoms with Gasteiger partial charge < -0.3 is 5.73 Å². The lowest BCUT2D eigenvalue weighted by atomic mass is 10.3. The molecule has 2 rings (SSSR count). The molecule has 2 aromatic heterocycles. The molecule has 2 aromatic rings. The molecule has 0 bridgehead atoms. The van der Waals surface area contributed by atoms with E-state index in [4.69, 9.17) is 5.73 Å². The lowest BCUT2D eigenvalue weighted by Crippen LogP contribution is -2.14. The molecule has 0 radical (unpaired) electrons. The molecule has 0 aromatic carbocycles. The molecule has 96 valence electrons. The molecular formula is C10H10F3N5. The molecular weight excluding hydrogens is 247 g/mol. The van der Waals surface area contributed by atoms with Crippen LogP contribution in [0.5, 0.6) is 0 Å². The number of halogens is 3. The molecule has 2 heterocycles. The Morgan fingerprint density at radius 2 is 1.83 bits per heavy atom. The molecule has 0 saturated carbocycles. The predicted molar refractivity (Wildman–Crippen MR) is 58.0 cm³/mol. The fourth-order valence-electron chi connectivity index (χ4n) is 1.57. The van der Waals surface area contributed by atoms with E-state index in [0.717, 1.165) is 6.07 Å². The van der Waals surface area contributed by atoms with Crippen LogP contribution in [0.1, 0.15) is 17.1 Å². The summed E-state index contributed by atoms with van der Waals surface area (Å²) in [5.74, 6) is -0.437. The van der Waals surface area contributed by atoms with E-state index in [2.05, 4.69) is 15.1 Å². The van der Waals surface area contributed by atoms with Crippen LogP contribution in [0.4, 0.5) is 19.1 Å². The fourth-order valence-corrected chi connectivity index (χ4v) is 1.57. The van der Waals surface area contributed by atoms with Crippen LogP contribution < -0.4 is 5.73 Å². The molecule has 0 atom stereocenters. The highest BCUT2D eigenvalue weighted by molar-refractivity contribution is 5.34. The van der Waals surface area contributed by atoms with Gasteiger partial charge in [0.05, 0.1) is 5.69 Å². The van der Waals surface area contributed by atoms with E-state index >= 15 is 0 Å². The smallest absolute Gasteiger partial charge is 0.368 e. The number of alkyl halides is 3. The largest absolute Gasteiger partial charge is 0.433 e. The second-order valence-electron chi connectivity index (χ2n) is 3.81. The van der Waals surface area contributed by atoms with Gasteiger partial charge in [-0.15, -0.1) is 0 Å². The maximum absolute atomic E-state index is 12.6. The van der Waals surface area contributed by atoms with E-state index in [-0.39, 0.29) is 5.82 Å². The number of hydrogen-bond donors (Lipinski definition) is 1. The van der Waals surface area contributed by atoms with Crippen molar-refractivity contribution in [3.05, 3.63) is 29.2 Å². The van der Waals surface area contributed by atoms with Gasteiger partial charge >= 0.3 is 6.18 Å². The van der Waals surface area contributed by atoms with Gasteiger partial charge in [-0.1, -0.05) is 0 Å². The Kier molecular flexibility index (Phi) is 2.72. The summed E-state index contributed by atoms with van der Waals surface area (Å²) in [5.41, 5.74) is 5.55. The molecule has 0 unspecified atom stereocenters. The Morgan fingerprint density at radius 1 is 1.17 bits per heavy atom. The Balaban J connectivity index is 2.59. The number of nitrogen functional groups attached to an aromatic ring is 1. The maximum atomic E-state index is 12.6. The molecule has 0 aliphatic carbocycles. The minimum atomic E-state index is -4.57. The molecule has 0 spiro atoms. The second kappa shape index (κ2) is 3.97. The van der Waals surface area contributed by atoms with E-state index in [9.17, 15) is 13.2 Å². The fraction of sp³-hybridized carbons (Fsp3) is 0.300. The van der Waals surface area contributed by atoms with Gasteiger partial charge in [0.25, 0.3) is 0 Å². The minimum Gasteiger partial charge on any atom is -0.368 e. The van der Waals surface area contributed by atoms with E-state index in [1.807, 2.05) is 0 Å². The van der Waals surface area contributed by atoms with Crippen molar-refractivity contribution in [3.63, 3.8) is 0 Å². The zero-order chi connectivity index (χ0) is 13.5. The van der Waals surface area contributed by atoms with Crippen LogP contribution in [0.15, 0.2) is 12.1 Å². The average molecular weight is 257 g/mol. The Bertz CT molecular complexity index is 588. The number of anilines is 1. The van der Waals surface area contributed by atoms with Gasteiger partial charge in [0.2, 0.25) is 5.95 Å². The van der Waals surface area contributed by atoms with Crippen molar-refractivity contribution in [2.24, 2.45) is 0 Å². The van der Waals surface area contributed by atoms with Gasteiger partial charge in [-0.05, 0) is 19.9 Å². The number of nitrogens with zero attached hydrogens (tertiary/aromatic N) is 4. The number of hydrogen-bond acceptors (Lipinski definition) is 4. The zero-order valence-electron chi connectivity index (χ0n) is 9.65. The van der Waals surface area contributed by atoms with Gasteiger partial charge in [0, 0.05) is 11.8 Å². The Labute approximate surface area is 100 Å². The van der Waals surface area contributed by atoms with Gasteiger partial charge in [0.1, 0.15) is 0 Å². The van der Waals surface area contributed by atoms with Crippen LogP contribution in [0.3, 0.4) is 0 Å². The average Bonchev–Trinajstić information content (AvgIpc) is 2.55. The van der Waals surface area contributed by atoms with Crippen molar-refractivity contribution in [1.82, 2.24) is 19.7 Å². The first kappa shape index (κ1) is 12.3. The molecule has 2 N–H and O–H groups in total. The first-order chi connectivity index (χ1) is 8.27. The standard InChI is InChI=1S/C10H10F3N5/c1-5-3-6(2)18(17-5)8-4-7(10(11,12)13)15-9(14)16-8/h3-4H,1-2H3,(H2,14,15,16). The summed E-state index contributed by atoms with van der Waals surface area (Å²) in [4.78, 5) is 6.93. The number of aryl methyl sites for hydroxylation is 2. The van der Waals surface area contributed by atoms with Crippen molar-refractivity contribution < 1.29 is 13.2 Å². The summed E-state index contributed by atoms with van der Waals surface area (Å²) in [5, 5.41) is 4.05. The molecule has 0 amide bonds. The summed E-state index contributed by atoms with van der Waals surface area (Å²) >= 11 is 0. The lowest BCUT2D eigenvalue weighted by Gasteiger charge is -2.09. The molecule has 0 aliphatic rings. The molecule has 5 nitrogen and oxygen atoms in total. The lowest BCUT2D eigenvalue weighted by molar-refractivity contribution is -0.141. The minimum absolute atomic E-state index is 0.000394.